The molecule has 226 valence electrons. The van der Waals surface area contributed by atoms with E-state index in [9.17, 15) is 18.0 Å². The van der Waals surface area contributed by atoms with Gasteiger partial charge >= 0.3 is 0 Å². The lowest BCUT2D eigenvalue weighted by molar-refractivity contribution is -0.139. The first kappa shape index (κ1) is 33.5. The number of hydrogen-bond acceptors (Lipinski definition) is 5. The van der Waals surface area contributed by atoms with E-state index in [1.54, 1.807) is 43.3 Å². The zero-order chi connectivity index (χ0) is 31.2. The van der Waals surface area contributed by atoms with Crippen LogP contribution in [0.2, 0.25) is 15.1 Å². The number of benzene rings is 3. The third kappa shape index (κ3) is 8.10. The third-order valence-electron chi connectivity index (χ3n) is 6.80. The molecule has 0 aromatic heterocycles. The van der Waals surface area contributed by atoms with E-state index in [1.165, 1.54) is 36.3 Å². The van der Waals surface area contributed by atoms with Crippen LogP contribution in [0, 0.1) is 6.92 Å². The van der Waals surface area contributed by atoms with E-state index < -0.39 is 28.5 Å². The number of aryl methyl sites for hydroxylation is 1. The number of ether oxygens (including phenoxy) is 1. The topological polar surface area (TPSA) is 96.0 Å². The van der Waals surface area contributed by atoms with E-state index in [0.29, 0.717) is 17.0 Å². The maximum atomic E-state index is 14.1. The van der Waals surface area contributed by atoms with Gasteiger partial charge in [0.15, 0.2) is 0 Å². The second kappa shape index (κ2) is 14.5. The summed E-state index contributed by atoms with van der Waals surface area (Å²) in [4.78, 5) is 28.6. The number of carbonyl (C=O) groups is 2. The third-order valence-corrected chi connectivity index (χ3v) is 9.55. The van der Waals surface area contributed by atoms with E-state index in [-0.39, 0.29) is 44.9 Å². The molecule has 0 saturated heterocycles. The van der Waals surface area contributed by atoms with Gasteiger partial charge in [0.2, 0.25) is 11.8 Å². The molecule has 0 spiro atoms. The van der Waals surface area contributed by atoms with Gasteiger partial charge in [-0.15, -0.1) is 0 Å². The van der Waals surface area contributed by atoms with Crippen LogP contribution < -0.4 is 14.4 Å². The van der Waals surface area contributed by atoms with Crippen molar-refractivity contribution in [2.45, 2.75) is 57.6 Å². The molecule has 42 heavy (non-hydrogen) atoms. The summed E-state index contributed by atoms with van der Waals surface area (Å²) >= 11 is 18.6. The SMILES string of the molecule is CC[C@H](C)NC(=O)[C@@H](C)N(Cc1ccc(Cl)c(Cl)c1)C(=O)CN(c1cc(Cl)ccc1OC)S(=O)(=O)c1ccc(C)cc1. The minimum Gasteiger partial charge on any atom is -0.495 e. The highest BCUT2D eigenvalue weighted by Crippen LogP contribution is 2.35. The van der Waals surface area contributed by atoms with Crippen molar-refractivity contribution >= 4 is 62.3 Å². The minimum absolute atomic E-state index is 0.0264. The van der Waals surface area contributed by atoms with Gasteiger partial charge in [-0.25, -0.2) is 8.42 Å². The maximum Gasteiger partial charge on any atom is 0.264 e. The molecular weight excluding hydrogens is 621 g/mol. The second-order valence-corrected chi connectivity index (χ2v) is 13.0. The van der Waals surface area contributed by atoms with Gasteiger partial charge in [-0.1, -0.05) is 65.5 Å². The van der Waals surface area contributed by atoms with Crippen LogP contribution in [-0.2, 0) is 26.2 Å². The number of methoxy groups -OCH3 is 1. The highest BCUT2D eigenvalue weighted by atomic mass is 35.5. The molecule has 0 aliphatic carbocycles. The molecule has 12 heteroatoms. The summed E-state index contributed by atoms with van der Waals surface area (Å²) in [5.74, 6) is -0.821. The van der Waals surface area contributed by atoms with Gasteiger partial charge in [0.05, 0.1) is 27.7 Å². The Morgan fingerprint density at radius 2 is 1.62 bits per heavy atom. The summed E-state index contributed by atoms with van der Waals surface area (Å²) in [5, 5.41) is 3.76. The van der Waals surface area contributed by atoms with Crippen molar-refractivity contribution in [3.05, 3.63) is 86.9 Å². The average molecular weight is 655 g/mol. The van der Waals surface area contributed by atoms with Crippen LogP contribution in [0.3, 0.4) is 0 Å². The van der Waals surface area contributed by atoms with Crippen molar-refractivity contribution in [1.82, 2.24) is 10.2 Å². The molecule has 2 atom stereocenters. The van der Waals surface area contributed by atoms with Gasteiger partial charge in [0.25, 0.3) is 10.0 Å². The van der Waals surface area contributed by atoms with Crippen LogP contribution in [0.25, 0.3) is 0 Å². The first-order valence-corrected chi connectivity index (χ1v) is 15.8. The summed E-state index contributed by atoms with van der Waals surface area (Å²) in [5.41, 5.74) is 1.55. The van der Waals surface area contributed by atoms with E-state index >= 15 is 0 Å². The fraction of sp³-hybridized carbons (Fsp3) is 0.333. The number of nitrogens with one attached hydrogen (secondary N) is 1. The van der Waals surface area contributed by atoms with Gasteiger partial charge in [-0.2, -0.15) is 0 Å². The lowest BCUT2D eigenvalue weighted by Gasteiger charge is -2.33. The molecule has 3 rings (SSSR count). The van der Waals surface area contributed by atoms with Crippen molar-refractivity contribution in [2.24, 2.45) is 0 Å². The summed E-state index contributed by atoms with van der Waals surface area (Å²) in [6.07, 6.45) is 0.691. The molecule has 1 N–H and O–H groups in total. The lowest BCUT2D eigenvalue weighted by atomic mass is 10.1. The zero-order valence-electron chi connectivity index (χ0n) is 24.0. The van der Waals surface area contributed by atoms with Crippen molar-refractivity contribution in [1.29, 1.82) is 0 Å². The molecule has 8 nitrogen and oxygen atoms in total. The number of hydrogen-bond donors (Lipinski definition) is 1. The Bertz CT molecular complexity index is 1530. The Morgan fingerprint density at radius 3 is 2.21 bits per heavy atom. The first-order chi connectivity index (χ1) is 19.8. The van der Waals surface area contributed by atoms with Crippen molar-refractivity contribution in [3.63, 3.8) is 0 Å². The van der Waals surface area contributed by atoms with Gasteiger partial charge in [0, 0.05) is 17.6 Å². The zero-order valence-corrected chi connectivity index (χ0v) is 27.1. The van der Waals surface area contributed by atoms with Crippen LogP contribution in [0.5, 0.6) is 5.75 Å². The van der Waals surface area contributed by atoms with Crippen LogP contribution in [0.15, 0.2) is 65.6 Å². The number of anilines is 1. The summed E-state index contributed by atoms with van der Waals surface area (Å²) in [7, 11) is -2.90. The number of halogens is 3. The highest BCUT2D eigenvalue weighted by Gasteiger charge is 2.34. The Morgan fingerprint density at radius 1 is 0.952 bits per heavy atom. The van der Waals surface area contributed by atoms with E-state index in [4.69, 9.17) is 39.5 Å². The van der Waals surface area contributed by atoms with Crippen molar-refractivity contribution < 1.29 is 22.7 Å². The molecule has 0 aliphatic rings. The van der Waals surface area contributed by atoms with Gasteiger partial charge < -0.3 is 15.0 Å². The smallest absolute Gasteiger partial charge is 0.264 e. The Balaban J connectivity index is 2.11. The molecule has 0 unspecified atom stereocenters. The van der Waals surface area contributed by atoms with Crippen LogP contribution in [0.1, 0.15) is 38.3 Å². The van der Waals surface area contributed by atoms with Crippen molar-refractivity contribution in [3.8, 4) is 5.75 Å². The predicted octanol–water partition coefficient (Wildman–Crippen LogP) is 6.49. The summed E-state index contributed by atoms with van der Waals surface area (Å²) < 4.78 is 34.5. The van der Waals surface area contributed by atoms with Crippen LogP contribution in [-0.4, -0.2) is 50.9 Å². The first-order valence-electron chi connectivity index (χ1n) is 13.2. The Hall–Kier alpha value is -2.98. The summed E-state index contributed by atoms with van der Waals surface area (Å²) in [6.45, 7) is 6.54. The van der Waals surface area contributed by atoms with Gasteiger partial charge in [0.1, 0.15) is 18.3 Å². The molecule has 0 fully saturated rings. The highest BCUT2D eigenvalue weighted by molar-refractivity contribution is 7.92. The molecule has 0 radical (unpaired) electrons. The Labute approximate surface area is 262 Å². The molecule has 0 aliphatic heterocycles. The standard InChI is InChI=1S/C30H34Cl3N3O5S/c1-6-20(3)34-30(38)21(4)35(17-22-9-13-25(32)26(33)15-22)29(37)18-36(27-16-23(31)10-14-28(27)41-5)42(39,40)24-11-7-19(2)8-12-24/h7-16,20-21H,6,17-18H2,1-5H3,(H,34,38)/t20-,21+/m0/s1. The molecule has 3 aromatic rings. The number of carbonyl (C=O) groups excluding carboxylic acids is 2. The molecule has 0 heterocycles. The molecule has 2 amide bonds. The minimum atomic E-state index is -4.29. The number of nitrogens with zero attached hydrogens (tertiary/aromatic N) is 2. The molecule has 0 bridgehead atoms. The quantitative estimate of drug-likeness (QED) is 0.241. The molecule has 0 saturated carbocycles. The number of rotatable bonds is 12. The fourth-order valence-electron chi connectivity index (χ4n) is 4.09. The normalized spacial score (nSPS) is 12.8. The summed E-state index contributed by atoms with van der Waals surface area (Å²) in [6, 6.07) is 14.6. The lowest BCUT2D eigenvalue weighted by Crippen LogP contribution is -2.52. The van der Waals surface area contributed by atoms with E-state index in [2.05, 4.69) is 5.32 Å². The monoisotopic (exact) mass is 653 g/mol. The number of amides is 2. The van der Waals surface area contributed by atoms with Gasteiger partial charge in [-0.3, -0.25) is 13.9 Å². The van der Waals surface area contributed by atoms with Crippen molar-refractivity contribution in [2.75, 3.05) is 18.0 Å². The van der Waals surface area contributed by atoms with Gasteiger partial charge in [-0.05, 0) is 75.2 Å². The second-order valence-electron chi connectivity index (χ2n) is 9.90. The maximum absolute atomic E-state index is 14.1. The van der Waals surface area contributed by atoms with E-state index in [1.807, 2.05) is 20.8 Å². The van der Waals surface area contributed by atoms with Crippen LogP contribution in [0.4, 0.5) is 5.69 Å². The molecule has 3 aromatic carbocycles. The molecular formula is C30H34Cl3N3O5S. The largest absolute Gasteiger partial charge is 0.495 e. The van der Waals surface area contributed by atoms with Crippen LogP contribution >= 0.6 is 34.8 Å². The Kier molecular flexibility index (Phi) is 11.5. The predicted molar refractivity (Wildman–Crippen MR) is 168 cm³/mol. The fourth-order valence-corrected chi connectivity index (χ4v) is 6.00. The van der Waals surface area contributed by atoms with E-state index in [0.717, 1.165) is 9.87 Å². The number of sulfonamides is 1. The average Bonchev–Trinajstić information content (AvgIpc) is 2.95.